The first kappa shape index (κ1) is 16.0. The Kier molecular flexibility index (Phi) is 4.64. The van der Waals surface area contributed by atoms with Gasteiger partial charge in [0.25, 0.3) is 5.91 Å². The molecule has 0 bridgehead atoms. The summed E-state index contributed by atoms with van der Waals surface area (Å²) in [5.41, 5.74) is 2.25. The van der Waals surface area contributed by atoms with Crippen LogP contribution < -0.4 is 0 Å². The number of carbonyl (C=O) groups is 1. The molecule has 0 spiro atoms. The summed E-state index contributed by atoms with van der Waals surface area (Å²) in [6.07, 6.45) is 8.23. The van der Waals surface area contributed by atoms with Crippen LogP contribution in [0.15, 0.2) is 18.6 Å². The van der Waals surface area contributed by atoms with Gasteiger partial charge in [0.1, 0.15) is 5.52 Å². The third-order valence-electron chi connectivity index (χ3n) is 4.76. The average Bonchev–Trinajstić information content (AvgIpc) is 2.93. The molecule has 3 rings (SSSR count). The zero-order valence-electron chi connectivity index (χ0n) is 14.3. The third-order valence-corrected chi connectivity index (χ3v) is 4.76. The van der Waals surface area contributed by atoms with Crippen LogP contribution in [0.25, 0.3) is 11.2 Å². The van der Waals surface area contributed by atoms with Crippen molar-refractivity contribution < 1.29 is 4.79 Å². The van der Waals surface area contributed by atoms with Crippen molar-refractivity contribution in [1.29, 1.82) is 0 Å². The number of hydrogen-bond donors (Lipinski definition) is 0. The van der Waals surface area contributed by atoms with Crippen LogP contribution in [-0.2, 0) is 7.05 Å². The molecule has 2 aromatic heterocycles. The number of likely N-dealkylation sites (tertiary alicyclic amines) is 1. The Balaban J connectivity index is 1.70. The van der Waals surface area contributed by atoms with Gasteiger partial charge < -0.3 is 9.47 Å². The monoisotopic (exact) mass is 314 g/mol. The number of carbonyl (C=O) groups excluding carboxylic acids is 1. The molecule has 0 unspecified atom stereocenters. The van der Waals surface area contributed by atoms with Crippen LogP contribution in [0.2, 0.25) is 0 Å². The van der Waals surface area contributed by atoms with Crippen molar-refractivity contribution in [3.05, 3.63) is 24.2 Å². The van der Waals surface area contributed by atoms with E-state index in [1.807, 2.05) is 22.6 Å². The Bertz CT molecular complexity index is 691. The molecule has 5 heteroatoms. The van der Waals surface area contributed by atoms with Crippen molar-refractivity contribution >= 4 is 17.1 Å². The number of aryl methyl sites for hydroxylation is 1. The summed E-state index contributed by atoms with van der Waals surface area (Å²) < 4.78 is 1.87. The molecular formula is C18H26N4O. The summed E-state index contributed by atoms with van der Waals surface area (Å²) in [6.45, 7) is 6.27. The first-order valence-electron chi connectivity index (χ1n) is 8.61. The Hall–Kier alpha value is -1.91. The van der Waals surface area contributed by atoms with Crippen molar-refractivity contribution in [1.82, 2.24) is 19.4 Å². The molecule has 5 nitrogen and oxygen atoms in total. The fourth-order valence-corrected chi connectivity index (χ4v) is 3.37. The van der Waals surface area contributed by atoms with E-state index in [0.717, 1.165) is 36.6 Å². The van der Waals surface area contributed by atoms with Gasteiger partial charge in [-0.2, -0.15) is 0 Å². The highest BCUT2D eigenvalue weighted by atomic mass is 16.2. The van der Waals surface area contributed by atoms with Gasteiger partial charge in [-0.25, -0.2) is 9.97 Å². The molecule has 1 aliphatic heterocycles. The Morgan fingerprint density at radius 1 is 1.39 bits per heavy atom. The predicted octanol–water partition coefficient (Wildman–Crippen LogP) is 3.26. The smallest absolute Gasteiger partial charge is 0.255 e. The van der Waals surface area contributed by atoms with Gasteiger partial charge in [-0.05, 0) is 37.2 Å². The van der Waals surface area contributed by atoms with Gasteiger partial charge in [0.15, 0.2) is 5.65 Å². The molecule has 124 valence electrons. The molecule has 0 radical (unpaired) electrons. The van der Waals surface area contributed by atoms with E-state index < -0.39 is 0 Å². The summed E-state index contributed by atoms with van der Waals surface area (Å²) in [7, 11) is 1.91. The molecule has 0 aromatic carbocycles. The van der Waals surface area contributed by atoms with Crippen LogP contribution in [-0.4, -0.2) is 38.4 Å². The van der Waals surface area contributed by atoms with E-state index >= 15 is 0 Å². The number of aromatic nitrogens is 3. The van der Waals surface area contributed by atoms with Crippen LogP contribution in [0.4, 0.5) is 0 Å². The van der Waals surface area contributed by atoms with Gasteiger partial charge in [-0.3, -0.25) is 4.79 Å². The summed E-state index contributed by atoms with van der Waals surface area (Å²) in [5.74, 6) is 1.47. The first-order valence-corrected chi connectivity index (χ1v) is 8.61. The average molecular weight is 314 g/mol. The molecule has 1 fully saturated rings. The lowest BCUT2D eigenvalue weighted by atomic mass is 9.90. The van der Waals surface area contributed by atoms with Crippen LogP contribution in [0, 0.1) is 11.8 Å². The number of amides is 1. The summed E-state index contributed by atoms with van der Waals surface area (Å²) in [6, 6.07) is 1.86. The summed E-state index contributed by atoms with van der Waals surface area (Å²) in [5, 5.41) is 0. The van der Waals surface area contributed by atoms with E-state index in [-0.39, 0.29) is 5.91 Å². The van der Waals surface area contributed by atoms with Crippen LogP contribution in [0.3, 0.4) is 0 Å². The van der Waals surface area contributed by atoms with Gasteiger partial charge in [-0.15, -0.1) is 0 Å². The summed E-state index contributed by atoms with van der Waals surface area (Å²) >= 11 is 0. The van der Waals surface area contributed by atoms with Gasteiger partial charge in [-0.1, -0.05) is 20.3 Å². The number of hydrogen-bond acceptors (Lipinski definition) is 3. The number of nitrogens with zero attached hydrogens (tertiary/aromatic N) is 4. The Morgan fingerprint density at radius 3 is 3.00 bits per heavy atom. The number of rotatable bonds is 4. The molecule has 23 heavy (non-hydrogen) atoms. The number of piperidine rings is 1. The standard InChI is InChI=1S/C18H26N4O/c1-13(2)6-7-14-5-4-8-22(11-14)18(23)15-9-16-17(19-10-15)21(3)12-20-16/h9-10,12-14H,4-8,11H2,1-3H3/t14-/m0/s1. The second-order valence-corrected chi connectivity index (χ2v) is 7.15. The zero-order valence-corrected chi connectivity index (χ0v) is 14.3. The van der Waals surface area contributed by atoms with E-state index in [0.29, 0.717) is 11.5 Å². The van der Waals surface area contributed by atoms with Gasteiger partial charge in [0, 0.05) is 26.3 Å². The van der Waals surface area contributed by atoms with E-state index in [4.69, 9.17) is 0 Å². The first-order chi connectivity index (χ1) is 11.0. The van der Waals surface area contributed by atoms with Crippen LogP contribution >= 0.6 is 0 Å². The van der Waals surface area contributed by atoms with Gasteiger partial charge >= 0.3 is 0 Å². The quantitative estimate of drug-likeness (QED) is 0.870. The lowest BCUT2D eigenvalue weighted by Crippen LogP contribution is -2.40. The van der Waals surface area contributed by atoms with Crippen LogP contribution in [0.5, 0.6) is 0 Å². The largest absolute Gasteiger partial charge is 0.338 e. The molecule has 0 aliphatic carbocycles. The molecule has 1 aliphatic rings. The van der Waals surface area contributed by atoms with E-state index in [1.54, 1.807) is 12.5 Å². The van der Waals surface area contributed by atoms with Crippen molar-refractivity contribution in [2.45, 2.75) is 39.5 Å². The number of pyridine rings is 1. The normalized spacial score (nSPS) is 18.8. The van der Waals surface area contributed by atoms with Gasteiger partial charge in [0.2, 0.25) is 0 Å². The predicted molar refractivity (Wildman–Crippen MR) is 91.2 cm³/mol. The van der Waals surface area contributed by atoms with Crippen molar-refractivity contribution in [3.8, 4) is 0 Å². The summed E-state index contributed by atoms with van der Waals surface area (Å²) in [4.78, 5) is 23.5. The minimum absolute atomic E-state index is 0.0966. The number of imidazole rings is 1. The molecule has 1 amide bonds. The minimum atomic E-state index is 0.0966. The maximum Gasteiger partial charge on any atom is 0.255 e. The second kappa shape index (κ2) is 6.69. The molecular weight excluding hydrogens is 288 g/mol. The molecule has 2 aromatic rings. The van der Waals surface area contributed by atoms with Crippen LogP contribution in [0.1, 0.15) is 49.9 Å². The van der Waals surface area contributed by atoms with Crippen molar-refractivity contribution in [3.63, 3.8) is 0 Å². The maximum absolute atomic E-state index is 12.8. The molecule has 1 saturated heterocycles. The van der Waals surface area contributed by atoms with Crippen molar-refractivity contribution in [2.75, 3.05) is 13.1 Å². The maximum atomic E-state index is 12.8. The SMILES string of the molecule is CC(C)CC[C@@H]1CCCN(C(=O)c2cnc3c(c2)ncn3C)C1. The molecule has 3 heterocycles. The highest BCUT2D eigenvalue weighted by Gasteiger charge is 2.25. The Labute approximate surface area is 137 Å². The van der Waals surface area contributed by atoms with Gasteiger partial charge in [0.05, 0.1) is 11.9 Å². The Morgan fingerprint density at radius 2 is 2.22 bits per heavy atom. The van der Waals surface area contributed by atoms with E-state index in [2.05, 4.69) is 23.8 Å². The van der Waals surface area contributed by atoms with Crippen molar-refractivity contribution in [2.24, 2.45) is 18.9 Å². The third kappa shape index (κ3) is 3.54. The fraction of sp³-hybridized carbons (Fsp3) is 0.611. The van der Waals surface area contributed by atoms with E-state index in [9.17, 15) is 4.79 Å². The van der Waals surface area contributed by atoms with E-state index in [1.165, 1.54) is 19.3 Å². The fourth-order valence-electron chi connectivity index (χ4n) is 3.37. The molecule has 1 atom stereocenters. The highest BCUT2D eigenvalue weighted by molar-refractivity contribution is 5.96. The minimum Gasteiger partial charge on any atom is -0.338 e. The lowest BCUT2D eigenvalue weighted by molar-refractivity contribution is 0.0664. The highest BCUT2D eigenvalue weighted by Crippen LogP contribution is 2.24. The lowest BCUT2D eigenvalue weighted by Gasteiger charge is -2.33. The molecule has 0 saturated carbocycles. The second-order valence-electron chi connectivity index (χ2n) is 7.15. The topological polar surface area (TPSA) is 51.0 Å². The zero-order chi connectivity index (χ0) is 16.4. The molecule has 0 N–H and O–H groups in total. The number of fused-ring (bicyclic) bond motifs is 1.